The van der Waals surface area contributed by atoms with Crippen molar-refractivity contribution in [2.75, 3.05) is 6.61 Å². The van der Waals surface area contributed by atoms with Crippen molar-refractivity contribution < 1.29 is 19.6 Å². The number of nitro groups is 1. The standard InChI is InChI=1S/C17H17N3O5/c1-11-4-3-5-12(2)17(11)25-10-16(22)19-18-9-13-6-7-14(20(23)24)15(21)8-13/h3-9,21H,10H2,1-2H3,(H,19,22)/b18-9-. The van der Waals surface area contributed by atoms with Gasteiger partial charge in [0.05, 0.1) is 11.1 Å². The maximum atomic E-state index is 11.8. The monoisotopic (exact) mass is 343 g/mol. The van der Waals surface area contributed by atoms with E-state index in [2.05, 4.69) is 10.5 Å². The summed E-state index contributed by atoms with van der Waals surface area (Å²) in [5.74, 6) is -0.273. The van der Waals surface area contributed by atoms with Gasteiger partial charge in [0.1, 0.15) is 5.75 Å². The Hall–Kier alpha value is -3.42. The van der Waals surface area contributed by atoms with Gasteiger partial charge in [-0.3, -0.25) is 14.9 Å². The number of phenolic OH excluding ortho intramolecular Hbond substituents is 1. The zero-order valence-electron chi connectivity index (χ0n) is 13.7. The van der Waals surface area contributed by atoms with E-state index in [0.717, 1.165) is 17.2 Å². The maximum absolute atomic E-state index is 11.8. The number of phenols is 1. The van der Waals surface area contributed by atoms with Gasteiger partial charge in [0, 0.05) is 6.07 Å². The Morgan fingerprint density at radius 1 is 1.32 bits per heavy atom. The van der Waals surface area contributed by atoms with E-state index in [4.69, 9.17) is 4.74 Å². The highest BCUT2D eigenvalue weighted by Crippen LogP contribution is 2.25. The molecule has 0 aliphatic heterocycles. The highest BCUT2D eigenvalue weighted by Gasteiger charge is 2.12. The number of benzene rings is 2. The third-order valence-electron chi connectivity index (χ3n) is 3.36. The molecule has 25 heavy (non-hydrogen) atoms. The van der Waals surface area contributed by atoms with E-state index in [9.17, 15) is 20.0 Å². The Balaban J connectivity index is 1.90. The zero-order valence-corrected chi connectivity index (χ0v) is 13.7. The number of hydrogen-bond acceptors (Lipinski definition) is 6. The molecule has 0 unspecified atom stereocenters. The Morgan fingerprint density at radius 3 is 2.60 bits per heavy atom. The lowest BCUT2D eigenvalue weighted by Crippen LogP contribution is -2.25. The van der Waals surface area contributed by atoms with Gasteiger partial charge in [0.2, 0.25) is 0 Å². The van der Waals surface area contributed by atoms with E-state index in [1.54, 1.807) is 0 Å². The van der Waals surface area contributed by atoms with Gasteiger partial charge in [0.15, 0.2) is 12.4 Å². The molecule has 130 valence electrons. The molecule has 2 aromatic carbocycles. The van der Waals surface area contributed by atoms with Crippen LogP contribution in [0.5, 0.6) is 11.5 Å². The number of aryl methyl sites for hydroxylation is 2. The first-order chi connectivity index (χ1) is 11.9. The summed E-state index contributed by atoms with van der Waals surface area (Å²) in [5, 5.41) is 23.9. The molecule has 0 radical (unpaired) electrons. The molecule has 0 aromatic heterocycles. The predicted molar refractivity (Wildman–Crippen MR) is 91.9 cm³/mol. The number of nitro benzene ring substituents is 1. The Labute approximate surface area is 143 Å². The average molecular weight is 343 g/mol. The van der Waals surface area contributed by atoms with Crippen molar-refractivity contribution in [2.24, 2.45) is 5.10 Å². The minimum absolute atomic E-state index is 0.200. The lowest BCUT2D eigenvalue weighted by Gasteiger charge is -2.10. The summed E-state index contributed by atoms with van der Waals surface area (Å²) in [6, 6.07) is 9.42. The highest BCUT2D eigenvalue weighted by atomic mass is 16.6. The number of hydrogen-bond donors (Lipinski definition) is 2. The van der Waals surface area contributed by atoms with Crippen LogP contribution in [0.15, 0.2) is 41.5 Å². The quantitative estimate of drug-likeness (QED) is 0.475. The molecule has 2 N–H and O–H groups in total. The molecule has 0 spiro atoms. The third kappa shape index (κ3) is 4.77. The molecule has 0 saturated carbocycles. The van der Waals surface area contributed by atoms with E-state index < -0.39 is 22.3 Å². The predicted octanol–water partition coefficient (Wildman–Crippen LogP) is 2.45. The molecule has 0 aliphatic rings. The fourth-order valence-electron chi connectivity index (χ4n) is 2.15. The van der Waals surface area contributed by atoms with E-state index >= 15 is 0 Å². The van der Waals surface area contributed by atoms with Gasteiger partial charge in [-0.25, -0.2) is 5.43 Å². The molecule has 0 saturated heterocycles. The van der Waals surface area contributed by atoms with Gasteiger partial charge in [-0.2, -0.15) is 5.10 Å². The summed E-state index contributed by atoms with van der Waals surface area (Å²) in [6.45, 7) is 3.58. The van der Waals surface area contributed by atoms with E-state index in [-0.39, 0.29) is 6.61 Å². The summed E-state index contributed by atoms with van der Waals surface area (Å²) in [4.78, 5) is 21.7. The van der Waals surface area contributed by atoms with Crippen LogP contribution in [-0.2, 0) is 4.79 Å². The lowest BCUT2D eigenvalue weighted by atomic mass is 10.1. The second kappa shape index (κ2) is 7.91. The SMILES string of the molecule is Cc1cccc(C)c1OCC(=O)N/N=C\c1ccc([N+](=O)[O-])c(O)c1. The highest BCUT2D eigenvalue weighted by molar-refractivity contribution is 5.83. The minimum Gasteiger partial charge on any atom is -0.502 e. The zero-order chi connectivity index (χ0) is 18.4. The normalized spacial score (nSPS) is 10.6. The van der Waals surface area contributed by atoms with Crippen molar-refractivity contribution >= 4 is 17.8 Å². The Morgan fingerprint density at radius 2 is 2.00 bits per heavy atom. The van der Waals surface area contributed by atoms with Gasteiger partial charge in [-0.1, -0.05) is 18.2 Å². The first kappa shape index (κ1) is 17.9. The number of carbonyl (C=O) groups excluding carboxylic acids is 1. The van der Waals surface area contributed by atoms with Gasteiger partial charge in [-0.15, -0.1) is 0 Å². The van der Waals surface area contributed by atoms with Gasteiger partial charge in [0.25, 0.3) is 5.91 Å². The average Bonchev–Trinajstić information content (AvgIpc) is 2.54. The molecule has 0 fully saturated rings. The third-order valence-corrected chi connectivity index (χ3v) is 3.36. The molecular formula is C17H17N3O5. The molecule has 2 rings (SSSR count). The second-order valence-electron chi connectivity index (χ2n) is 5.31. The van der Waals surface area contributed by atoms with Gasteiger partial charge >= 0.3 is 5.69 Å². The van der Waals surface area contributed by atoms with Crippen molar-refractivity contribution in [1.29, 1.82) is 0 Å². The van der Waals surface area contributed by atoms with Crippen molar-refractivity contribution in [2.45, 2.75) is 13.8 Å². The fourth-order valence-corrected chi connectivity index (χ4v) is 2.15. The molecule has 0 aliphatic carbocycles. The number of carbonyl (C=O) groups is 1. The van der Waals surface area contributed by atoms with Crippen LogP contribution in [0.2, 0.25) is 0 Å². The van der Waals surface area contributed by atoms with Crippen LogP contribution in [0.4, 0.5) is 5.69 Å². The number of aromatic hydroxyl groups is 1. The summed E-state index contributed by atoms with van der Waals surface area (Å²) in [6.07, 6.45) is 1.26. The second-order valence-corrected chi connectivity index (χ2v) is 5.31. The number of amides is 1. The number of nitrogens with one attached hydrogen (secondary N) is 1. The summed E-state index contributed by atoms with van der Waals surface area (Å²) < 4.78 is 5.49. The number of rotatable bonds is 6. The molecule has 0 bridgehead atoms. The van der Waals surface area contributed by atoms with E-state index in [1.807, 2.05) is 32.0 Å². The van der Waals surface area contributed by atoms with Gasteiger partial charge in [-0.05, 0) is 42.7 Å². The van der Waals surface area contributed by atoms with Crippen LogP contribution in [0.25, 0.3) is 0 Å². The van der Waals surface area contributed by atoms with Crippen molar-refractivity contribution in [3.8, 4) is 11.5 Å². The Kier molecular flexibility index (Phi) is 5.67. The molecule has 0 heterocycles. The molecule has 0 atom stereocenters. The number of para-hydroxylation sites is 1. The summed E-state index contributed by atoms with van der Waals surface area (Å²) in [5.41, 5.74) is 4.15. The molecular weight excluding hydrogens is 326 g/mol. The van der Waals surface area contributed by atoms with Crippen LogP contribution in [-0.4, -0.2) is 28.8 Å². The van der Waals surface area contributed by atoms with Crippen LogP contribution in [0.1, 0.15) is 16.7 Å². The molecule has 8 nitrogen and oxygen atoms in total. The maximum Gasteiger partial charge on any atom is 0.310 e. The molecule has 1 amide bonds. The first-order valence-corrected chi connectivity index (χ1v) is 7.37. The van der Waals surface area contributed by atoms with Crippen molar-refractivity contribution in [3.63, 3.8) is 0 Å². The summed E-state index contributed by atoms with van der Waals surface area (Å²) in [7, 11) is 0. The first-order valence-electron chi connectivity index (χ1n) is 7.37. The lowest BCUT2D eigenvalue weighted by molar-refractivity contribution is -0.385. The topological polar surface area (TPSA) is 114 Å². The smallest absolute Gasteiger partial charge is 0.310 e. The number of ether oxygens (including phenoxy) is 1. The largest absolute Gasteiger partial charge is 0.502 e. The van der Waals surface area contributed by atoms with Crippen molar-refractivity contribution in [1.82, 2.24) is 5.43 Å². The van der Waals surface area contributed by atoms with E-state index in [0.29, 0.717) is 11.3 Å². The van der Waals surface area contributed by atoms with Crippen LogP contribution < -0.4 is 10.2 Å². The van der Waals surface area contributed by atoms with E-state index in [1.165, 1.54) is 18.3 Å². The minimum atomic E-state index is -0.692. The van der Waals surface area contributed by atoms with Crippen LogP contribution in [0.3, 0.4) is 0 Å². The summed E-state index contributed by atoms with van der Waals surface area (Å²) >= 11 is 0. The van der Waals surface area contributed by atoms with Crippen LogP contribution in [0, 0.1) is 24.0 Å². The number of nitrogens with zero attached hydrogens (tertiary/aromatic N) is 2. The van der Waals surface area contributed by atoms with Crippen LogP contribution >= 0.6 is 0 Å². The molecule has 8 heteroatoms. The van der Waals surface area contributed by atoms with Gasteiger partial charge < -0.3 is 9.84 Å². The fraction of sp³-hybridized carbons (Fsp3) is 0.176. The van der Waals surface area contributed by atoms with Crippen molar-refractivity contribution in [3.05, 3.63) is 63.2 Å². The number of hydrazone groups is 1. The Bertz CT molecular complexity index is 813. The molecule has 2 aromatic rings.